The summed E-state index contributed by atoms with van der Waals surface area (Å²) in [6, 6.07) is 13.8. The minimum Gasteiger partial charge on any atom is -0.337 e. The van der Waals surface area contributed by atoms with E-state index >= 15 is 0 Å². The average molecular weight is 349 g/mol. The lowest BCUT2D eigenvalue weighted by Crippen LogP contribution is -2.40. The molecule has 0 N–H and O–H groups in total. The van der Waals surface area contributed by atoms with Crippen molar-refractivity contribution >= 4 is 5.91 Å². The van der Waals surface area contributed by atoms with Crippen LogP contribution in [0, 0.1) is 5.92 Å². The number of amides is 1. The molecule has 0 saturated carbocycles. The van der Waals surface area contributed by atoms with Gasteiger partial charge in [0.2, 0.25) is 0 Å². The maximum Gasteiger partial charge on any atom is 0.272 e. The molecule has 1 aromatic carbocycles. The lowest BCUT2D eigenvalue weighted by atomic mass is 9.96. The van der Waals surface area contributed by atoms with Gasteiger partial charge in [-0.2, -0.15) is 10.2 Å². The Morgan fingerprint density at radius 2 is 1.92 bits per heavy atom. The molecule has 0 unspecified atom stereocenters. The van der Waals surface area contributed by atoms with Crippen LogP contribution in [0.4, 0.5) is 0 Å². The molecule has 3 heterocycles. The first-order valence-corrected chi connectivity index (χ1v) is 9.07. The van der Waals surface area contributed by atoms with Crippen molar-refractivity contribution in [3.63, 3.8) is 0 Å². The van der Waals surface area contributed by atoms with E-state index in [2.05, 4.69) is 10.2 Å². The Labute approximate surface area is 153 Å². The number of rotatable bonds is 4. The van der Waals surface area contributed by atoms with E-state index in [0.717, 1.165) is 43.7 Å². The number of piperidine rings is 1. The summed E-state index contributed by atoms with van der Waals surface area (Å²) in [5, 5.41) is 8.80. The first-order chi connectivity index (χ1) is 12.7. The van der Waals surface area contributed by atoms with Crippen molar-refractivity contribution in [1.82, 2.24) is 24.5 Å². The van der Waals surface area contributed by atoms with Crippen molar-refractivity contribution in [1.29, 1.82) is 0 Å². The normalized spacial score (nSPS) is 15.3. The Hall–Kier alpha value is -2.89. The summed E-state index contributed by atoms with van der Waals surface area (Å²) in [6.07, 6.45) is 5.83. The van der Waals surface area contributed by atoms with Crippen molar-refractivity contribution in [3.8, 4) is 11.3 Å². The first kappa shape index (κ1) is 16.6. The first-order valence-electron chi connectivity index (χ1n) is 9.07. The van der Waals surface area contributed by atoms with E-state index in [4.69, 9.17) is 0 Å². The summed E-state index contributed by atoms with van der Waals surface area (Å²) in [4.78, 5) is 14.9. The molecule has 6 nitrogen and oxygen atoms in total. The number of carbonyl (C=O) groups is 1. The van der Waals surface area contributed by atoms with Crippen LogP contribution >= 0.6 is 0 Å². The lowest BCUT2D eigenvalue weighted by molar-refractivity contribution is 0.0670. The number of hydrogen-bond acceptors (Lipinski definition) is 3. The van der Waals surface area contributed by atoms with Crippen molar-refractivity contribution < 1.29 is 4.79 Å². The third kappa shape index (κ3) is 3.40. The van der Waals surface area contributed by atoms with E-state index < -0.39 is 0 Å². The molecule has 1 amide bonds. The second-order valence-corrected chi connectivity index (χ2v) is 6.87. The van der Waals surface area contributed by atoms with Gasteiger partial charge in [0.05, 0.1) is 5.69 Å². The molecule has 1 aliphatic heterocycles. The zero-order valence-corrected chi connectivity index (χ0v) is 15.0. The molecule has 1 fully saturated rings. The van der Waals surface area contributed by atoms with E-state index in [9.17, 15) is 4.79 Å². The third-order valence-electron chi connectivity index (χ3n) is 5.07. The van der Waals surface area contributed by atoms with Crippen LogP contribution in [-0.2, 0) is 13.6 Å². The van der Waals surface area contributed by atoms with E-state index in [1.165, 1.54) is 0 Å². The third-order valence-corrected chi connectivity index (χ3v) is 5.07. The minimum atomic E-state index is 0.0692. The van der Waals surface area contributed by atoms with Gasteiger partial charge in [0.25, 0.3) is 5.91 Å². The Morgan fingerprint density at radius 1 is 1.15 bits per heavy atom. The Morgan fingerprint density at radius 3 is 2.62 bits per heavy atom. The molecule has 0 atom stereocenters. The molecule has 3 aromatic rings. The van der Waals surface area contributed by atoms with Crippen molar-refractivity contribution in [2.75, 3.05) is 13.1 Å². The highest BCUT2D eigenvalue weighted by molar-refractivity contribution is 5.93. The van der Waals surface area contributed by atoms with Gasteiger partial charge in [-0.3, -0.25) is 14.2 Å². The Kier molecular flexibility index (Phi) is 4.56. The summed E-state index contributed by atoms with van der Waals surface area (Å²) in [5.74, 6) is 0.644. The van der Waals surface area contributed by atoms with E-state index in [0.29, 0.717) is 11.6 Å². The number of hydrogen-bond donors (Lipinski definition) is 0. The van der Waals surface area contributed by atoms with Crippen LogP contribution < -0.4 is 0 Å². The van der Waals surface area contributed by atoms with Crippen LogP contribution in [0.3, 0.4) is 0 Å². The van der Waals surface area contributed by atoms with Crippen LogP contribution in [0.1, 0.15) is 23.3 Å². The van der Waals surface area contributed by atoms with E-state index in [-0.39, 0.29) is 5.91 Å². The minimum absolute atomic E-state index is 0.0692. The van der Waals surface area contributed by atoms with Gasteiger partial charge in [0.1, 0.15) is 5.69 Å². The summed E-state index contributed by atoms with van der Waals surface area (Å²) in [7, 11) is 1.84. The maximum absolute atomic E-state index is 12.9. The van der Waals surface area contributed by atoms with Gasteiger partial charge < -0.3 is 4.90 Å². The number of aryl methyl sites for hydroxylation is 1. The van der Waals surface area contributed by atoms with E-state index in [1.807, 2.05) is 71.5 Å². The second kappa shape index (κ2) is 7.15. The molecule has 0 bridgehead atoms. The van der Waals surface area contributed by atoms with Crippen LogP contribution in [-0.4, -0.2) is 43.5 Å². The summed E-state index contributed by atoms with van der Waals surface area (Å²) < 4.78 is 3.68. The summed E-state index contributed by atoms with van der Waals surface area (Å²) in [5.41, 5.74) is 2.51. The Balaban J connectivity index is 1.41. The van der Waals surface area contributed by atoms with Crippen LogP contribution in [0.25, 0.3) is 11.3 Å². The highest BCUT2D eigenvalue weighted by Crippen LogP contribution is 2.23. The van der Waals surface area contributed by atoms with Crippen LogP contribution in [0.2, 0.25) is 0 Å². The predicted octanol–water partition coefficient (Wildman–Crippen LogP) is 2.84. The van der Waals surface area contributed by atoms with E-state index in [1.54, 1.807) is 4.68 Å². The number of nitrogens with zero attached hydrogens (tertiary/aromatic N) is 5. The fourth-order valence-corrected chi connectivity index (χ4v) is 3.57. The van der Waals surface area contributed by atoms with Gasteiger partial charge in [-0.15, -0.1) is 0 Å². The molecular weight excluding hydrogens is 326 g/mol. The monoisotopic (exact) mass is 349 g/mol. The summed E-state index contributed by atoms with van der Waals surface area (Å²) in [6.45, 7) is 2.51. The molecule has 1 aliphatic rings. The number of likely N-dealkylation sites (tertiary alicyclic amines) is 1. The predicted molar refractivity (Wildman–Crippen MR) is 99.5 cm³/mol. The fraction of sp³-hybridized carbons (Fsp3) is 0.350. The highest BCUT2D eigenvalue weighted by Gasteiger charge is 2.26. The van der Waals surface area contributed by atoms with Gasteiger partial charge in [-0.1, -0.05) is 30.3 Å². The SMILES string of the molecule is Cn1nc(-c2ccccc2)cc1C(=O)N1CCC(Cn2cccn2)CC1. The largest absolute Gasteiger partial charge is 0.337 e. The number of carbonyl (C=O) groups excluding carboxylic acids is 1. The molecule has 26 heavy (non-hydrogen) atoms. The van der Waals surface area contributed by atoms with Crippen LogP contribution in [0.15, 0.2) is 54.9 Å². The van der Waals surface area contributed by atoms with Crippen molar-refractivity contribution in [3.05, 3.63) is 60.6 Å². The molecule has 1 saturated heterocycles. The molecule has 0 radical (unpaired) electrons. The van der Waals surface area contributed by atoms with Crippen LogP contribution in [0.5, 0.6) is 0 Å². The van der Waals surface area contributed by atoms with Gasteiger partial charge >= 0.3 is 0 Å². The Bertz CT molecular complexity index is 861. The molecule has 2 aromatic heterocycles. The quantitative estimate of drug-likeness (QED) is 0.728. The van der Waals surface area contributed by atoms with Gasteiger partial charge in [-0.25, -0.2) is 0 Å². The lowest BCUT2D eigenvalue weighted by Gasteiger charge is -2.31. The highest BCUT2D eigenvalue weighted by atomic mass is 16.2. The smallest absolute Gasteiger partial charge is 0.272 e. The fourth-order valence-electron chi connectivity index (χ4n) is 3.57. The molecule has 0 spiro atoms. The maximum atomic E-state index is 12.9. The van der Waals surface area contributed by atoms with Gasteiger partial charge in [-0.05, 0) is 30.9 Å². The zero-order chi connectivity index (χ0) is 17.9. The standard InChI is InChI=1S/C20H23N5O/c1-23-19(14-18(22-23)17-6-3-2-4-7-17)20(26)24-12-8-16(9-13-24)15-25-11-5-10-21-25/h2-7,10-11,14,16H,8-9,12-13,15H2,1H3. The molecular formula is C20H23N5O. The average Bonchev–Trinajstić information content (AvgIpc) is 3.32. The summed E-state index contributed by atoms with van der Waals surface area (Å²) >= 11 is 0. The van der Waals surface area contributed by atoms with Crippen molar-refractivity contribution in [2.45, 2.75) is 19.4 Å². The van der Waals surface area contributed by atoms with Crippen molar-refractivity contribution in [2.24, 2.45) is 13.0 Å². The zero-order valence-electron chi connectivity index (χ0n) is 15.0. The second-order valence-electron chi connectivity index (χ2n) is 6.87. The number of benzene rings is 1. The topological polar surface area (TPSA) is 56.0 Å². The molecule has 6 heteroatoms. The van der Waals surface area contributed by atoms with Gasteiger partial charge in [0.15, 0.2) is 0 Å². The van der Waals surface area contributed by atoms with Gasteiger partial charge in [0, 0.05) is 44.6 Å². The molecule has 134 valence electrons. The molecule has 4 rings (SSSR count). The number of aromatic nitrogens is 4. The molecule has 0 aliphatic carbocycles.